The monoisotopic (exact) mass is 312 g/mol. The van der Waals surface area contributed by atoms with E-state index in [1.807, 2.05) is 12.1 Å². The van der Waals surface area contributed by atoms with Crippen molar-refractivity contribution in [2.24, 2.45) is 5.92 Å². The molecule has 1 aromatic heterocycles. The molecule has 1 aromatic carbocycles. The molecule has 2 aliphatic rings. The SMILES string of the molecule is CC1CCN(c2nc(N3CCc4ccccc43)ncc2F)CC1. The molecule has 2 aliphatic heterocycles. The molecule has 0 unspecified atom stereocenters. The van der Waals surface area contributed by atoms with Crippen molar-refractivity contribution in [2.45, 2.75) is 26.2 Å². The second-order valence-corrected chi connectivity index (χ2v) is 6.54. The van der Waals surface area contributed by atoms with Crippen LogP contribution in [0.5, 0.6) is 0 Å². The first-order valence-corrected chi connectivity index (χ1v) is 8.35. The maximum Gasteiger partial charge on any atom is 0.232 e. The van der Waals surface area contributed by atoms with E-state index in [1.165, 1.54) is 11.8 Å². The zero-order valence-electron chi connectivity index (χ0n) is 13.4. The molecule has 23 heavy (non-hydrogen) atoms. The van der Waals surface area contributed by atoms with E-state index >= 15 is 0 Å². The van der Waals surface area contributed by atoms with Crippen molar-refractivity contribution in [1.82, 2.24) is 9.97 Å². The van der Waals surface area contributed by atoms with Gasteiger partial charge in [-0.1, -0.05) is 25.1 Å². The topological polar surface area (TPSA) is 32.3 Å². The average Bonchev–Trinajstić information content (AvgIpc) is 3.00. The van der Waals surface area contributed by atoms with Crippen LogP contribution in [0.2, 0.25) is 0 Å². The molecule has 0 bridgehead atoms. The highest BCUT2D eigenvalue weighted by atomic mass is 19.1. The number of piperidine rings is 1. The lowest BCUT2D eigenvalue weighted by atomic mass is 9.99. The van der Waals surface area contributed by atoms with Crippen LogP contribution in [-0.4, -0.2) is 29.6 Å². The molecule has 0 atom stereocenters. The first-order valence-electron chi connectivity index (χ1n) is 8.35. The van der Waals surface area contributed by atoms with Gasteiger partial charge in [0.05, 0.1) is 6.20 Å². The summed E-state index contributed by atoms with van der Waals surface area (Å²) in [4.78, 5) is 13.0. The molecule has 5 heteroatoms. The Morgan fingerprint density at radius 2 is 1.91 bits per heavy atom. The smallest absolute Gasteiger partial charge is 0.232 e. The van der Waals surface area contributed by atoms with Crippen LogP contribution in [0.3, 0.4) is 0 Å². The number of hydrogen-bond donors (Lipinski definition) is 0. The molecule has 0 aliphatic carbocycles. The second-order valence-electron chi connectivity index (χ2n) is 6.54. The van der Waals surface area contributed by atoms with Gasteiger partial charge >= 0.3 is 0 Å². The van der Waals surface area contributed by atoms with E-state index in [1.54, 1.807) is 0 Å². The van der Waals surface area contributed by atoms with Gasteiger partial charge in [0.2, 0.25) is 5.95 Å². The number of aromatic nitrogens is 2. The summed E-state index contributed by atoms with van der Waals surface area (Å²) in [5.41, 5.74) is 2.44. The van der Waals surface area contributed by atoms with E-state index in [4.69, 9.17) is 0 Å². The van der Waals surface area contributed by atoms with Crippen LogP contribution in [-0.2, 0) is 6.42 Å². The molecular weight excluding hydrogens is 291 g/mol. The third kappa shape index (κ3) is 2.64. The maximum atomic E-state index is 14.2. The zero-order chi connectivity index (χ0) is 15.8. The highest BCUT2D eigenvalue weighted by molar-refractivity contribution is 5.66. The number of benzene rings is 1. The van der Waals surface area contributed by atoms with Crippen molar-refractivity contribution in [1.29, 1.82) is 0 Å². The fourth-order valence-electron chi connectivity index (χ4n) is 3.47. The number of anilines is 3. The molecule has 0 saturated carbocycles. The summed E-state index contributed by atoms with van der Waals surface area (Å²) in [5.74, 6) is 1.44. The van der Waals surface area contributed by atoms with Crippen LogP contribution >= 0.6 is 0 Å². The molecule has 0 spiro atoms. The second kappa shape index (κ2) is 5.80. The lowest BCUT2D eigenvalue weighted by Crippen LogP contribution is -2.34. The van der Waals surface area contributed by atoms with Crippen LogP contribution in [0.15, 0.2) is 30.5 Å². The van der Waals surface area contributed by atoms with E-state index in [9.17, 15) is 4.39 Å². The molecular formula is C18H21FN4. The first-order chi connectivity index (χ1) is 11.2. The highest BCUT2D eigenvalue weighted by Crippen LogP contribution is 2.33. The molecule has 0 N–H and O–H groups in total. The van der Waals surface area contributed by atoms with Crippen molar-refractivity contribution in [3.63, 3.8) is 0 Å². The predicted octanol–water partition coefficient (Wildman–Crippen LogP) is 3.55. The van der Waals surface area contributed by atoms with Crippen LogP contribution in [0.1, 0.15) is 25.3 Å². The van der Waals surface area contributed by atoms with Crippen LogP contribution in [0, 0.1) is 11.7 Å². The van der Waals surface area contributed by atoms with Crippen molar-refractivity contribution in [3.8, 4) is 0 Å². The van der Waals surface area contributed by atoms with Gasteiger partial charge in [-0.05, 0) is 36.8 Å². The van der Waals surface area contributed by atoms with Gasteiger partial charge in [0.25, 0.3) is 0 Å². The van der Waals surface area contributed by atoms with Gasteiger partial charge in [-0.2, -0.15) is 4.98 Å². The van der Waals surface area contributed by atoms with Crippen molar-refractivity contribution in [2.75, 3.05) is 29.4 Å². The van der Waals surface area contributed by atoms with Gasteiger partial charge in [-0.3, -0.25) is 0 Å². The van der Waals surface area contributed by atoms with Crippen molar-refractivity contribution >= 4 is 17.5 Å². The fraction of sp³-hybridized carbons (Fsp3) is 0.444. The van der Waals surface area contributed by atoms with Crippen LogP contribution < -0.4 is 9.80 Å². The van der Waals surface area contributed by atoms with Gasteiger partial charge < -0.3 is 9.80 Å². The summed E-state index contributed by atoms with van der Waals surface area (Å²) in [6.07, 6.45) is 4.47. The van der Waals surface area contributed by atoms with E-state index in [-0.39, 0.29) is 5.82 Å². The van der Waals surface area contributed by atoms with Gasteiger partial charge in [0.1, 0.15) is 0 Å². The largest absolute Gasteiger partial charge is 0.354 e. The fourth-order valence-corrected chi connectivity index (χ4v) is 3.47. The first kappa shape index (κ1) is 14.4. The number of hydrogen-bond acceptors (Lipinski definition) is 4. The zero-order valence-corrected chi connectivity index (χ0v) is 13.4. The molecule has 120 valence electrons. The Balaban J connectivity index is 1.65. The number of rotatable bonds is 2. The minimum atomic E-state index is -0.323. The van der Waals surface area contributed by atoms with Crippen molar-refractivity contribution in [3.05, 3.63) is 41.8 Å². The number of fused-ring (bicyclic) bond motifs is 1. The minimum absolute atomic E-state index is 0.323. The number of nitrogens with zero attached hydrogens (tertiary/aromatic N) is 4. The quantitative estimate of drug-likeness (QED) is 0.849. The summed E-state index contributed by atoms with van der Waals surface area (Å²) < 4.78 is 14.2. The number of halogens is 1. The summed E-state index contributed by atoms with van der Waals surface area (Å²) in [6, 6.07) is 8.28. The van der Waals surface area contributed by atoms with E-state index in [2.05, 4.69) is 38.8 Å². The molecule has 1 saturated heterocycles. The summed E-state index contributed by atoms with van der Waals surface area (Å²) >= 11 is 0. The third-order valence-corrected chi connectivity index (χ3v) is 4.92. The molecule has 1 fully saturated rings. The Labute approximate surface area is 136 Å². The predicted molar refractivity (Wildman–Crippen MR) is 89.8 cm³/mol. The van der Waals surface area contributed by atoms with E-state index in [0.717, 1.165) is 44.6 Å². The number of para-hydroxylation sites is 1. The molecule has 3 heterocycles. The van der Waals surface area contributed by atoms with Crippen LogP contribution in [0.25, 0.3) is 0 Å². The Morgan fingerprint density at radius 1 is 1.13 bits per heavy atom. The normalized spacial score (nSPS) is 18.3. The molecule has 4 rings (SSSR count). The van der Waals surface area contributed by atoms with Crippen molar-refractivity contribution < 1.29 is 4.39 Å². The Bertz CT molecular complexity index is 710. The lowest BCUT2D eigenvalue weighted by Gasteiger charge is -2.31. The molecule has 4 nitrogen and oxygen atoms in total. The Kier molecular flexibility index (Phi) is 3.63. The van der Waals surface area contributed by atoms with Crippen LogP contribution in [0.4, 0.5) is 21.8 Å². The maximum absolute atomic E-state index is 14.2. The molecule has 0 amide bonds. The Morgan fingerprint density at radius 3 is 2.74 bits per heavy atom. The lowest BCUT2D eigenvalue weighted by molar-refractivity contribution is 0.431. The van der Waals surface area contributed by atoms with E-state index in [0.29, 0.717) is 17.7 Å². The summed E-state index contributed by atoms with van der Waals surface area (Å²) in [7, 11) is 0. The molecule has 2 aromatic rings. The Hall–Kier alpha value is -2.17. The van der Waals surface area contributed by atoms with Gasteiger partial charge in [0.15, 0.2) is 11.6 Å². The average molecular weight is 312 g/mol. The summed E-state index contributed by atoms with van der Waals surface area (Å²) in [6.45, 7) is 4.83. The molecule has 0 radical (unpaired) electrons. The summed E-state index contributed by atoms with van der Waals surface area (Å²) in [5, 5.41) is 0. The minimum Gasteiger partial charge on any atom is -0.354 e. The third-order valence-electron chi connectivity index (χ3n) is 4.92. The van der Waals surface area contributed by atoms with Gasteiger partial charge in [0, 0.05) is 25.3 Å². The standard InChI is InChI=1S/C18H21FN4/c1-13-6-9-22(10-7-13)17-15(19)12-20-18(21-17)23-11-8-14-4-2-3-5-16(14)23/h2-5,12-13H,6-11H2,1H3. The van der Waals surface area contributed by atoms with Gasteiger partial charge in [-0.15, -0.1) is 0 Å². The van der Waals surface area contributed by atoms with Gasteiger partial charge in [-0.25, -0.2) is 9.37 Å². The highest BCUT2D eigenvalue weighted by Gasteiger charge is 2.25. The van der Waals surface area contributed by atoms with E-state index < -0.39 is 0 Å².